The number of benzene rings is 1. The van der Waals surface area contributed by atoms with Gasteiger partial charge in [0.2, 0.25) is 10.0 Å². The van der Waals surface area contributed by atoms with Crippen molar-refractivity contribution in [3.05, 3.63) is 29.8 Å². The normalized spacial score (nSPS) is 12.9. The van der Waals surface area contributed by atoms with Gasteiger partial charge in [-0.1, -0.05) is 25.5 Å². The molecule has 0 aromatic heterocycles. The summed E-state index contributed by atoms with van der Waals surface area (Å²) in [5.41, 5.74) is 6.17. The lowest BCUT2D eigenvalue weighted by atomic mass is 10.1. The fraction of sp³-hybridized carbons (Fsp3) is 0.611. The van der Waals surface area contributed by atoms with Crippen molar-refractivity contribution < 1.29 is 23.1 Å². The van der Waals surface area contributed by atoms with Crippen molar-refractivity contribution in [3.8, 4) is 5.75 Å². The van der Waals surface area contributed by atoms with E-state index in [9.17, 15) is 18.3 Å². The predicted octanol–water partition coefficient (Wildman–Crippen LogP) is 1.86. The smallest absolute Gasteiger partial charge is 0.322 e. The van der Waals surface area contributed by atoms with Crippen LogP contribution < -0.4 is 10.5 Å². The minimum Gasteiger partial charge on any atom is -0.494 e. The Morgan fingerprint density at radius 1 is 1.23 bits per heavy atom. The van der Waals surface area contributed by atoms with E-state index in [-0.39, 0.29) is 12.2 Å². The van der Waals surface area contributed by atoms with Crippen LogP contribution in [0.15, 0.2) is 24.3 Å². The van der Waals surface area contributed by atoms with Gasteiger partial charge in [0, 0.05) is 7.05 Å². The van der Waals surface area contributed by atoms with Gasteiger partial charge in [-0.2, -0.15) is 4.31 Å². The van der Waals surface area contributed by atoms with Crippen LogP contribution in [0.25, 0.3) is 0 Å². The van der Waals surface area contributed by atoms with E-state index in [0.29, 0.717) is 25.3 Å². The Morgan fingerprint density at radius 2 is 1.88 bits per heavy atom. The Hall–Kier alpha value is -1.64. The van der Waals surface area contributed by atoms with Gasteiger partial charge in [0.25, 0.3) is 0 Å². The average molecular weight is 387 g/mol. The first-order valence-electron chi connectivity index (χ1n) is 8.92. The third-order valence-corrected chi connectivity index (χ3v) is 6.07. The van der Waals surface area contributed by atoms with Crippen LogP contribution in [0.4, 0.5) is 0 Å². The van der Waals surface area contributed by atoms with Crippen LogP contribution in [-0.4, -0.2) is 55.8 Å². The molecule has 0 unspecified atom stereocenters. The summed E-state index contributed by atoms with van der Waals surface area (Å²) in [5, 5.41) is 9.47. The summed E-state index contributed by atoms with van der Waals surface area (Å²) in [6.07, 6.45) is 3.12. The Bertz CT molecular complexity index is 646. The third-order valence-electron chi connectivity index (χ3n) is 4.14. The number of rotatable bonds is 13. The fourth-order valence-corrected chi connectivity index (χ4v) is 3.91. The third kappa shape index (κ3) is 7.31. The molecular weight excluding hydrogens is 356 g/mol. The van der Waals surface area contributed by atoms with E-state index in [4.69, 9.17) is 10.5 Å². The van der Waals surface area contributed by atoms with E-state index < -0.39 is 22.0 Å². The second-order valence-electron chi connectivity index (χ2n) is 6.23. The van der Waals surface area contributed by atoms with Crippen LogP contribution in [0.5, 0.6) is 5.75 Å². The van der Waals surface area contributed by atoms with Crippen molar-refractivity contribution >= 4 is 16.0 Å². The molecular formula is C18H30N2O5S. The zero-order valence-electron chi connectivity index (χ0n) is 15.6. The molecule has 1 atom stereocenters. The van der Waals surface area contributed by atoms with E-state index in [1.54, 1.807) is 24.3 Å². The van der Waals surface area contributed by atoms with Gasteiger partial charge in [-0.05, 0) is 49.9 Å². The van der Waals surface area contributed by atoms with E-state index in [0.717, 1.165) is 29.1 Å². The maximum Gasteiger partial charge on any atom is 0.322 e. The van der Waals surface area contributed by atoms with Gasteiger partial charge >= 0.3 is 5.97 Å². The summed E-state index contributed by atoms with van der Waals surface area (Å²) in [7, 11) is -2.26. The van der Waals surface area contributed by atoms with Crippen molar-refractivity contribution in [2.75, 3.05) is 26.0 Å². The number of carboxylic acid groups (broad SMARTS) is 1. The summed E-state index contributed by atoms with van der Waals surface area (Å²) in [6.45, 7) is 3.10. The number of aliphatic carboxylic acids is 1. The van der Waals surface area contributed by atoms with E-state index >= 15 is 0 Å². The highest BCUT2D eigenvalue weighted by molar-refractivity contribution is 7.89. The first-order valence-corrected chi connectivity index (χ1v) is 10.5. The van der Waals surface area contributed by atoms with Crippen LogP contribution in [0, 0.1) is 0 Å². The van der Waals surface area contributed by atoms with Crippen molar-refractivity contribution in [2.45, 2.75) is 45.1 Å². The second kappa shape index (κ2) is 11.2. The molecule has 0 spiro atoms. The minimum absolute atomic E-state index is 0.0423. The molecule has 8 heteroatoms. The Kier molecular flexibility index (Phi) is 9.61. The highest BCUT2D eigenvalue weighted by Gasteiger charge is 2.31. The maximum absolute atomic E-state index is 12.3. The van der Waals surface area contributed by atoms with Crippen molar-refractivity contribution in [2.24, 2.45) is 5.73 Å². The number of hydrogen-bond donors (Lipinski definition) is 2. The molecule has 0 heterocycles. The molecule has 0 aliphatic carbocycles. The summed E-state index contributed by atoms with van der Waals surface area (Å²) in [4.78, 5) is 11.6. The van der Waals surface area contributed by atoms with Gasteiger partial charge in [0.05, 0.1) is 12.4 Å². The Morgan fingerprint density at radius 3 is 2.42 bits per heavy atom. The summed E-state index contributed by atoms with van der Waals surface area (Å²) >= 11 is 0. The molecule has 7 nitrogen and oxygen atoms in total. The Balaban J connectivity index is 2.74. The number of likely N-dealkylation sites (N-methyl/N-ethyl adjacent to an activating group) is 1. The lowest BCUT2D eigenvalue weighted by Crippen LogP contribution is -2.44. The number of ether oxygens (including phenoxy) is 1. The SMILES string of the molecule is CCCCS(=O)(=O)N(C)[C@@H](Cc1ccc(OCCCCN)cc1)C(=O)O. The largest absolute Gasteiger partial charge is 0.494 e. The molecule has 0 bridgehead atoms. The van der Waals surface area contributed by atoms with Crippen LogP contribution >= 0.6 is 0 Å². The average Bonchev–Trinajstić information content (AvgIpc) is 2.62. The number of carboxylic acids is 1. The van der Waals surface area contributed by atoms with Gasteiger partial charge < -0.3 is 15.6 Å². The number of sulfonamides is 1. The van der Waals surface area contributed by atoms with Crippen LogP contribution in [0.3, 0.4) is 0 Å². The molecule has 0 aliphatic rings. The number of nitrogens with two attached hydrogens (primary N) is 1. The lowest BCUT2D eigenvalue weighted by molar-refractivity contribution is -0.141. The zero-order valence-corrected chi connectivity index (χ0v) is 16.4. The predicted molar refractivity (Wildman–Crippen MR) is 102 cm³/mol. The van der Waals surface area contributed by atoms with Crippen LogP contribution in [-0.2, 0) is 21.2 Å². The van der Waals surface area contributed by atoms with Gasteiger partial charge in [0.15, 0.2) is 0 Å². The standard InChI is InChI=1S/C18H30N2O5S/c1-3-4-13-26(23,24)20(2)17(18(21)22)14-15-7-9-16(10-8-15)25-12-6-5-11-19/h7-10,17H,3-6,11-14,19H2,1-2H3,(H,21,22)/t17-/m0/s1. The van der Waals surface area contributed by atoms with Crippen molar-refractivity contribution in [3.63, 3.8) is 0 Å². The molecule has 1 rings (SSSR count). The van der Waals surface area contributed by atoms with E-state index in [1.807, 2.05) is 6.92 Å². The van der Waals surface area contributed by atoms with Crippen molar-refractivity contribution in [1.82, 2.24) is 4.31 Å². The second-order valence-corrected chi connectivity index (χ2v) is 8.38. The van der Waals surface area contributed by atoms with Crippen LogP contribution in [0.1, 0.15) is 38.2 Å². The molecule has 0 saturated heterocycles. The number of hydrogen-bond acceptors (Lipinski definition) is 5. The summed E-state index contributed by atoms with van der Waals surface area (Å²) in [6, 6.07) is 5.93. The van der Waals surface area contributed by atoms with Gasteiger partial charge in [-0.25, -0.2) is 8.42 Å². The molecule has 0 aliphatic heterocycles. The monoisotopic (exact) mass is 386 g/mol. The quantitative estimate of drug-likeness (QED) is 0.501. The summed E-state index contributed by atoms with van der Waals surface area (Å²) in [5.74, 6) is -0.504. The van der Waals surface area contributed by atoms with E-state index in [1.165, 1.54) is 7.05 Å². The van der Waals surface area contributed by atoms with Gasteiger partial charge in [-0.3, -0.25) is 4.79 Å². The molecule has 1 aromatic rings. The van der Waals surface area contributed by atoms with Crippen LogP contribution in [0.2, 0.25) is 0 Å². The molecule has 1 aromatic carbocycles. The first-order chi connectivity index (χ1) is 12.3. The molecule has 148 valence electrons. The fourth-order valence-electron chi connectivity index (χ4n) is 2.42. The molecule has 0 radical (unpaired) electrons. The number of carbonyl (C=O) groups is 1. The molecule has 26 heavy (non-hydrogen) atoms. The molecule has 0 amide bonds. The maximum atomic E-state index is 12.3. The number of unbranched alkanes of at least 4 members (excludes halogenated alkanes) is 2. The van der Waals surface area contributed by atoms with Gasteiger partial charge in [-0.15, -0.1) is 0 Å². The molecule has 0 saturated carbocycles. The topological polar surface area (TPSA) is 110 Å². The lowest BCUT2D eigenvalue weighted by Gasteiger charge is -2.24. The first kappa shape index (κ1) is 22.4. The van der Waals surface area contributed by atoms with Crippen molar-refractivity contribution in [1.29, 1.82) is 0 Å². The highest BCUT2D eigenvalue weighted by atomic mass is 32.2. The van der Waals surface area contributed by atoms with E-state index in [2.05, 4.69) is 0 Å². The number of nitrogens with zero attached hydrogens (tertiary/aromatic N) is 1. The Labute approximate surface area is 156 Å². The van der Waals surface area contributed by atoms with Gasteiger partial charge in [0.1, 0.15) is 11.8 Å². The molecule has 3 N–H and O–H groups in total. The molecule has 0 fully saturated rings. The summed E-state index contributed by atoms with van der Waals surface area (Å²) < 4.78 is 31.1. The highest BCUT2D eigenvalue weighted by Crippen LogP contribution is 2.17. The minimum atomic E-state index is -3.59. The zero-order chi connectivity index (χ0) is 19.6.